The molecule has 3 aromatic rings. The van der Waals surface area contributed by atoms with Crippen LogP contribution in [0.5, 0.6) is 11.5 Å². The fourth-order valence-corrected chi connectivity index (χ4v) is 3.52. The highest BCUT2D eigenvalue weighted by Crippen LogP contribution is 2.36. The third-order valence-corrected chi connectivity index (χ3v) is 4.90. The van der Waals surface area contributed by atoms with Gasteiger partial charge in [-0.05, 0) is 51.8 Å². The molecular formula is C17H11BrN2O2S. The van der Waals surface area contributed by atoms with Crippen molar-refractivity contribution < 1.29 is 9.84 Å². The summed E-state index contributed by atoms with van der Waals surface area (Å²) in [5, 5.41) is 20.0. The molecule has 1 heterocycles. The minimum atomic E-state index is 0.0307. The first-order valence-electron chi connectivity index (χ1n) is 6.66. The van der Waals surface area contributed by atoms with Crippen molar-refractivity contribution >= 4 is 49.1 Å². The predicted molar refractivity (Wildman–Crippen MR) is 95.5 cm³/mol. The van der Waals surface area contributed by atoms with Crippen LogP contribution in [0.15, 0.2) is 40.9 Å². The number of ether oxygens (including phenoxy) is 1. The number of thiazole rings is 1. The lowest BCUT2D eigenvalue weighted by Crippen LogP contribution is -1.87. The number of halogens is 1. The Balaban J connectivity index is 2.09. The first kappa shape index (κ1) is 15.5. The molecule has 23 heavy (non-hydrogen) atoms. The van der Waals surface area contributed by atoms with Crippen molar-refractivity contribution in [1.82, 2.24) is 4.98 Å². The van der Waals surface area contributed by atoms with Gasteiger partial charge in [0.25, 0.3) is 0 Å². The largest absolute Gasteiger partial charge is 0.503 e. The van der Waals surface area contributed by atoms with E-state index in [0.29, 0.717) is 20.8 Å². The number of rotatable bonds is 3. The zero-order valence-corrected chi connectivity index (χ0v) is 14.5. The number of hydrogen-bond donors (Lipinski definition) is 1. The summed E-state index contributed by atoms with van der Waals surface area (Å²) < 4.78 is 6.67. The van der Waals surface area contributed by atoms with Crippen LogP contribution in [0.3, 0.4) is 0 Å². The Kier molecular flexibility index (Phi) is 4.33. The number of benzene rings is 2. The Morgan fingerprint density at radius 3 is 2.87 bits per heavy atom. The lowest BCUT2D eigenvalue weighted by molar-refractivity contribution is 0.372. The molecule has 114 valence electrons. The number of nitriles is 1. The maximum atomic E-state index is 9.86. The van der Waals surface area contributed by atoms with Gasteiger partial charge in [-0.25, -0.2) is 4.98 Å². The molecule has 0 amide bonds. The Hall–Kier alpha value is -2.36. The van der Waals surface area contributed by atoms with Gasteiger partial charge in [-0.15, -0.1) is 11.3 Å². The lowest BCUT2D eigenvalue weighted by atomic mass is 10.1. The van der Waals surface area contributed by atoms with Crippen molar-refractivity contribution in [3.63, 3.8) is 0 Å². The zero-order valence-electron chi connectivity index (χ0n) is 12.1. The molecule has 1 N–H and O–H groups in total. The summed E-state index contributed by atoms with van der Waals surface area (Å²) in [5.74, 6) is 0.371. The summed E-state index contributed by atoms with van der Waals surface area (Å²) in [6, 6.07) is 13.4. The lowest BCUT2D eigenvalue weighted by Gasteiger charge is -2.06. The van der Waals surface area contributed by atoms with Crippen LogP contribution in [-0.4, -0.2) is 17.2 Å². The van der Waals surface area contributed by atoms with Gasteiger partial charge >= 0.3 is 0 Å². The molecule has 0 aliphatic heterocycles. The van der Waals surface area contributed by atoms with Crippen molar-refractivity contribution in [2.75, 3.05) is 7.11 Å². The minimum Gasteiger partial charge on any atom is -0.503 e. The first-order valence-corrected chi connectivity index (χ1v) is 8.27. The molecule has 3 rings (SSSR count). The number of hydrogen-bond acceptors (Lipinski definition) is 5. The van der Waals surface area contributed by atoms with Crippen LogP contribution < -0.4 is 4.74 Å². The molecule has 0 spiro atoms. The van der Waals surface area contributed by atoms with Crippen molar-refractivity contribution in [3.8, 4) is 17.6 Å². The molecule has 0 unspecified atom stereocenters. The van der Waals surface area contributed by atoms with E-state index in [2.05, 4.69) is 27.0 Å². The monoisotopic (exact) mass is 386 g/mol. The van der Waals surface area contributed by atoms with E-state index < -0.39 is 0 Å². The summed E-state index contributed by atoms with van der Waals surface area (Å²) in [5.41, 5.74) is 2.08. The Morgan fingerprint density at radius 2 is 2.17 bits per heavy atom. The van der Waals surface area contributed by atoms with E-state index >= 15 is 0 Å². The Bertz CT molecular complexity index is 924. The summed E-state index contributed by atoms with van der Waals surface area (Å²) >= 11 is 4.75. The van der Waals surface area contributed by atoms with E-state index in [1.165, 1.54) is 18.4 Å². The van der Waals surface area contributed by atoms with Gasteiger partial charge in [0.1, 0.15) is 11.1 Å². The highest BCUT2D eigenvalue weighted by molar-refractivity contribution is 9.10. The van der Waals surface area contributed by atoms with Gasteiger partial charge < -0.3 is 9.84 Å². The van der Waals surface area contributed by atoms with Crippen molar-refractivity contribution in [3.05, 3.63) is 51.4 Å². The number of aromatic hydroxyl groups is 1. The molecule has 0 bridgehead atoms. The number of methoxy groups -OCH3 is 1. The van der Waals surface area contributed by atoms with Crippen LogP contribution in [0, 0.1) is 11.3 Å². The highest BCUT2D eigenvalue weighted by Gasteiger charge is 2.11. The standard InChI is InChI=1S/C17H11BrN2O2S/c1-22-14-8-10(7-12(18)16(14)21)6-11(9-19)17-20-13-4-2-3-5-15(13)23-17/h2-8,21H,1H3/b11-6+. The Labute approximate surface area is 145 Å². The van der Waals surface area contributed by atoms with E-state index in [-0.39, 0.29) is 5.75 Å². The molecule has 4 nitrogen and oxygen atoms in total. The van der Waals surface area contributed by atoms with Crippen molar-refractivity contribution in [1.29, 1.82) is 5.26 Å². The second-order valence-corrected chi connectivity index (χ2v) is 6.60. The summed E-state index contributed by atoms with van der Waals surface area (Å²) in [4.78, 5) is 4.50. The van der Waals surface area contributed by atoms with Gasteiger partial charge in [0.2, 0.25) is 0 Å². The number of fused-ring (bicyclic) bond motifs is 1. The van der Waals surface area contributed by atoms with Crippen molar-refractivity contribution in [2.45, 2.75) is 0 Å². The van der Waals surface area contributed by atoms with Gasteiger partial charge in [0.05, 0.1) is 27.4 Å². The van der Waals surface area contributed by atoms with E-state index in [1.807, 2.05) is 24.3 Å². The molecule has 1 aromatic heterocycles. The molecule has 0 fully saturated rings. The number of phenolic OH excluding ortho intramolecular Hbond substituents is 1. The average molecular weight is 387 g/mol. The fourth-order valence-electron chi connectivity index (χ4n) is 2.13. The SMILES string of the molecule is COc1cc(/C=C(\C#N)c2nc3ccccc3s2)cc(Br)c1O. The van der Waals surface area contributed by atoms with Gasteiger partial charge in [-0.1, -0.05) is 12.1 Å². The van der Waals surface area contributed by atoms with Gasteiger partial charge in [-0.2, -0.15) is 5.26 Å². The van der Waals surface area contributed by atoms with E-state index in [9.17, 15) is 10.4 Å². The summed E-state index contributed by atoms with van der Waals surface area (Å²) in [6.45, 7) is 0. The zero-order chi connectivity index (χ0) is 16.4. The van der Waals surface area contributed by atoms with E-state index in [0.717, 1.165) is 15.8 Å². The topological polar surface area (TPSA) is 66.1 Å². The molecule has 0 atom stereocenters. The Morgan fingerprint density at radius 1 is 1.39 bits per heavy atom. The van der Waals surface area contributed by atoms with Crippen LogP contribution in [-0.2, 0) is 0 Å². The van der Waals surface area contributed by atoms with Gasteiger partial charge in [-0.3, -0.25) is 0 Å². The number of phenols is 1. The molecule has 2 aromatic carbocycles. The van der Waals surface area contributed by atoms with Gasteiger partial charge in [0.15, 0.2) is 11.5 Å². The molecule has 0 saturated carbocycles. The molecular weight excluding hydrogens is 376 g/mol. The summed E-state index contributed by atoms with van der Waals surface area (Å²) in [7, 11) is 1.48. The quantitative estimate of drug-likeness (QED) is 0.654. The van der Waals surface area contributed by atoms with Crippen LogP contribution in [0.2, 0.25) is 0 Å². The number of para-hydroxylation sites is 1. The molecule has 0 aliphatic carbocycles. The molecule has 0 saturated heterocycles. The van der Waals surface area contributed by atoms with Crippen molar-refractivity contribution in [2.24, 2.45) is 0 Å². The maximum absolute atomic E-state index is 9.86. The highest BCUT2D eigenvalue weighted by atomic mass is 79.9. The maximum Gasteiger partial charge on any atom is 0.172 e. The molecule has 0 aliphatic rings. The normalized spacial score (nSPS) is 11.4. The predicted octanol–water partition coefficient (Wildman–Crippen LogP) is 4.84. The first-order chi connectivity index (χ1) is 11.1. The molecule has 0 radical (unpaired) electrons. The van der Waals surface area contributed by atoms with Gasteiger partial charge in [0, 0.05) is 0 Å². The number of nitrogens with zero attached hydrogens (tertiary/aromatic N) is 2. The summed E-state index contributed by atoms with van der Waals surface area (Å²) in [6.07, 6.45) is 1.73. The van der Waals surface area contributed by atoms with Crippen LogP contribution >= 0.6 is 27.3 Å². The third-order valence-electron chi connectivity index (χ3n) is 3.23. The smallest absolute Gasteiger partial charge is 0.172 e. The number of aromatic nitrogens is 1. The number of allylic oxidation sites excluding steroid dienone is 1. The fraction of sp³-hybridized carbons (Fsp3) is 0.0588. The minimum absolute atomic E-state index is 0.0307. The van der Waals surface area contributed by atoms with E-state index in [1.54, 1.807) is 18.2 Å². The average Bonchev–Trinajstić information content (AvgIpc) is 2.99. The molecule has 6 heteroatoms. The second-order valence-electron chi connectivity index (χ2n) is 4.71. The van der Waals surface area contributed by atoms with E-state index in [4.69, 9.17) is 4.74 Å². The third kappa shape index (κ3) is 3.07. The van der Waals surface area contributed by atoms with Crippen LogP contribution in [0.4, 0.5) is 0 Å². The second kappa shape index (κ2) is 6.41. The van der Waals surface area contributed by atoms with Crippen LogP contribution in [0.25, 0.3) is 21.9 Å². The van der Waals surface area contributed by atoms with Crippen LogP contribution in [0.1, 0.15) is 10.6 Å².